The molecule has 1 aromatic carbocycles. The number of esters is 1. The predicted octanol–water partition coefficient (Wildman–Crippen LogP) is 2.05. The summed E-state index contributed by atoms with van der Waals surface area (Å²) in [6.45, 7) is 1.89. The third-order valence-corrected chi connectivity index (χ3v) is 2.44. The fourth-order valence-corrected chi connectivity index (χ4v) is 1.73. The SMILES string of the molecule is CCOC(=O)c1[nH]c2ccc(F)cc2c1NC=O. The molecule has 0 saturated heterocycles. The van der Waals surface area contributed by atoms with Gasteiger partial charge in [0.25, 0.3) is 0 Å². The average Bonchev–Trinajstić information content (AvgIpc) is 2.69. The fourth-order valence-electron chi connectivity index (χ4n) is 1.73. The molecule has 0 spiro atoms. The number of rotatable bonds is 4. The van der Waals surface area contributed by atoms with E-state index in [1.165, 1.54) is 18.2 Å². The number of fused-ring (bicyclic) bond motifs is 1. The molecular weight excluding hydrogens is 239 g/mol. The molecule has 18 heavy (non-hydrogen) atoms. The van der Waals surface area contributed by atoms with Crippen LogP contribution < -0.4 is 5.32 Å². The van der Waals surface area contributed by atoms with Gasteiger partial charge < -0.3 is 15.0 Å². The smallest absolute Gasteiger partial charge is 0.356 e. The molecule has 6 heteroatoms. The Bertz CT molecular complexity index is 607. The van der Waals surface area contributed by atoms with Crippen LogP contribution in [0.1, 0.15) is 17.4 Å². The van der Waals surface area contributed by atoms with Crippen LogP contribution in [0, 0.1) is 5.82 Å². The van der Waals surface area contributed by atoms with E-state index in [0.717, 1.165) is 0 Å². The van der Waals surface area contributed by atoms with Gasteiger partial charge in [-0.2, -0.15) is 0 Å². The summed E-state index contributed by atoms with van der Waals surface area (Å²) >= 11 is 0. The quantitative estimate of drug-likeness (QED) is 0.644. The van der Waals surface area contributed by atoms with Crippen molar-refractivity contribution in [2.75, 3.05) is 11.9 Å². The number of hydrogen-bond donors (Lipinski definition) is 2. The molecule has 1 heterocycles. The molecular formula is C12H11FN2O3. The van der Waals surface area contributed by atoms with Gasteiger partial charge in [-0.15, -0.1) is 0 Å². The van der Waals surface area contributed by atoms with Gasteiger partial charge in [0.1, 0.15) is 11.5 Å². The molecule has 0 aliphatic heterocycles. The summed E-state index contributed by atoms with van der Waals surface area (Å²) in [5, 5.41) is 2.81. The number of aromatic nitrogens is 1. The molecule has 1 amide bonds. The molecule has 0 aliphatic rings. The van der Waals surface area contributed by atoms with Crippen LogP contribution in [0.5, 0.6) is 0 Å². The minimum atomic E-state index is -0.599. The lowest BCUT2D eigenvalue weighted by atomic mass is 10.2. The summed E-state index contributed by atoms with van der Waals surface area (Å²) in [6, 6.07) is 3.99. The molecule has 0 bridgehead atoms. The maximum Gasteiger partial charge on any atom is 0.356 e. The van der Waals surface area contributed by atoms with Gasteiger partial charge >= 0.3 is 5.97 Å². The van der Waals surface area contributed by atoms with E-state index < -0.39 is 11.8 Å². The van der Waals surface area contributed by atoms with Crippen LogP contribution in [-0.2, 0) is 9.53 Å². The first kappa shape index (κ1) is 12.1. The van der Waals surface area contributed by atoms with Crippen LogP contribution in [0.2, 0.25) is 0 Å². The molecule has 2 N–H and O–H groups in total. The van der Waals surface area contributed by atoms with E-state index in [2.05, 4.69) is 10.3 Å². The third-order valence-electron chi connectivity index (χ3n) is 2.44. The predicted molar refractivity (Wildman–Crippen MR) is 63.9 cm³/mol. The van der Waals surface area contributed by atoms with E-state index in [0.29, 0.717) is 17.3 Å². The summed E-state index contributed by atoms with van der Waals surface area (Å²) < 4.78 is 18.0. The van der Waals surface area contributed by atoms with Crippen LogP contribution >= 0.6 is 0 Å². The Morgan fingerprint density at radius 2 is 2.33 bits per heavy atom. The maximum absolute atomic E-state index is 13.2. The van der Waals surface area contributed by atoms with Gasteiger partial charge in [0.2, 0.25) is 6.41 Å². The Morgan fingerprint density at radius 1 is 1.56 bits per heavy atom. The highest BCUT2D eigenvalue weighted by Crippen LogP contribution is 2.28. The number of carbonyl (C=O) groups is 2. The number of H-pyrrole nitrogens is 1. The number of hydrogen-bond acceptors (Lipinski definition) is 3. The number of halogens is 1. The summed E-state index contributed by atoms with van der Waals surface area (Å²) in [7, 11) is 0. The Kier molecular flexibility index (Phi) is 3.27. The van der Waals surface area contributed by atoms with Crippen molar-refractivity contribution in [3.05, 3.63) is 29.7 Å². The van der Waals surface area contributed by atoms with Crippen LogP contribution in [0.15, 0.2) is 18.2 Å². The number of amides is 1. The number of nitrogens with one attached hydrogen (secondary N) is 2. The fraction of sp³-hybridized carbons (Fsp3) is 0.167. The molecule has 2 aromatic rings. The van der Waals surface area contributed by atoms with Gasteiger partial charge in [0.05, 0.1) is 12.3 Å². The maximum atomic E-state index is 13.2. The summed E-state index contributed by atoms with van der Waals surface area (Å²) in [6.07, 6.45) is 0.427. The Morgan fingerprint density at radius 3 is 3.00 bits per heavy atom. The van der Waals surface area contributed by atoms with E-state index in [4.69, 9.17) is 4.74 Å². The van der Waals surface area contributed by atoms with Crippen LogP contribution in [-0.4, -0.2) is 24.0 Å². The van der Waals surface area contributed by atoms with Gasteiger partial charge in [0.15, 0.2) is 0 Å². The van der Waals surface area contributed by atoms with E-state index in [-0.39, 0.29) is 18.0 Å². The zero-order valence-electron chi connectivity index (χ0n) is 9.62. The topological polar surface area (TPSA) is 71.2 Å². The number of carbonyl (C=O) groups excluding carboxylic acids is 2. The highest BCUT2D eigenvalue weighted by molar-refractivity contribution is 6.08. The first-order chi connectivity index (χ1) is 8.67. The summed E-state index contributed by atoms with van der Waals surface area (Å²) in [5.74, 6) is -1.05. The van der Waals surface area contributed by atoms with Crippen molar-refractivity contribution in [2.45, 2.75) is 6.92 Å². The molecule has 5 nitrogen and oxygen atoms in total. The largest absolute Gasteiger partial charge is 0.461 e. The number of aromatic amines is 1. The summed E-state index contributed by atoms with van der Waals surface area (Å²) in [4.78, 5) is 25.1. The van der Waals surface area contributed by atoms with Crippen molar-refractivity contribution in [1.29, 1.82) is 0 Å². The zero-order chi connectivity index (χ0) is 13.1. The van der Waals surface area contributed by atoms with Gasteiger partial charge in [-0.3, -0.25) is 4.79 Å². The van der Waals surface area contributed by atoms with Crippen molar-refractivity contribution in [2.24, 2.45) is 0 Å². The van der Waals surface area contributed by atoms with Crippen molar-refractivity contribution in [3.8, 4) is 0 Å². The molecule has 0 saturated carbocycles. The van der Waals surface area contributed by atoms with Crippen LogP contribution in [0.3, 0.4) is 0 Å². The molecule has 0 radical (unpaired) electrons. The third kappa shape index (κ3) is 2.04. The average molecular weight is 250 g/mol. The number of benzene rings is 1. The Hall–Kier alpha value is -2.37. The molecule has 0 atom stereocenters. The Balaban J connectivity index is 2.61. The standard InChI is InChI=1S/C12H11FN2O3/c1-2-18-12(17)11-10(14-6-16)8-5-7(13)3-4-9(8)15-11/h3-6,15H,2H2,1H3,(H,14,16). The minimum Gasteiger partial charge on any atom is -0.461 e. The lowest BCUT2D eigenvalue weighted by Crippen LogP contribution is -2.08. The van der Waals surface area contributed by atoms with Crippen molar-refractivity contribution in [1.82, 2.24) is 4.98 Å². The highest BCUT2D eigenvalue weighted by Gasteiger charge is 2.18. The molecule has 2 rings (SSSR count). The first-order valence-corrected chi connectivity index (χ1v) is 5.36. The number of ether oxygens (including phenoxy) is 1. The second-order valence-corrected chi connectivity index (χ2v) is 3.55. The van der Waals surface area contributed by atoms with E-state index in [1.807, 2.05) is 0 Å². The zero-order valence-corrected chi connectivity index (χ0v) is 9.62. The monoisotopic (exact) mass is 250 g/mol. The van der Waals surface area contributed by atoms with E-state index in [9.17, 15) is 14.0 Å². The lowest BCUT2D eigenvalue weighted by molar-refractivity contribution is -0.105. The second-order valence-electron chi connectivity index (χ2n) is 3.55. The molecule has 0 fully saturated rings. The van der Waals surface area contributed by atoms with Crippen molar-refractivity contribution in [3.63, 3.8) is 0 Å². The Labute approximate surface area is 102 Å². The van der Waals surface area contributed by atoms with Crippen LogP contribution in [0.4, 0.5) is 10.1 Å². The van der Waals surface area contributed by atoms with Gasteiger partial charge in [0, 0.05) is 10.9 Å². The van der Waals surface area contributed by atoms with Crippen molar-refractivity contribution < 1.29 is 18.7 Å². The van der Waals surface area contributed by atoms with E-state index in [1.54, 1.807) is 6.92 Å². The van der Waals surface area contributed by atoms with Crippen LogP contribution in [0.25, 0.3) is 10.9 Å². The second kappa shape index (κ2) is 4.87. The van der Waals surface area contributed by atoms with Gasteiger partial charge in [-0.25, -0.2) is 9.18 Å². The molecule has 0 aliphatic carbocycles. The molecule has 0 unspecified atom stereocenters. The molecule has 94 valence electrons. The first-order valence-electron chi connectivity index (χ1n) is 5.36. The van der Waals surface area contributed by atoms with Crippen molar-refractivity contribution >= 4 is 29.0 Å². The summed E-state index contributed by atoms with van der Waals surface area (Å²) in [5.41, 5.74) is 0.867. The normalized spacial score (nSPS) is 10.3. The number of anilines is 1. The van der Waals surface area contributed by atoms with E-state index >= 15 is 0 Å². The van der Waals surface area contributed by atoms with Gasteiger partial charge in [-0.1, -0.05) is 0 Å². The minimum absolute atomic E-state index is 0.101. The molecule has 1 aromatic heterocycles. The van der Waals surface area contributed by atoms with Gasteiger partial charge in [-0.05, 0) is 25.1 Å². The highest BCUT2D eigenvalue weighted by atomic mass is 19.1. The lowest BCUT2D eigenvalue weighted by Gasteiger charge is -2.02.